The van der Waals surface area contributed by atoms with Crippen LogP contribution in [0.2, 0.25) is 0 Å². The van der Waals surface area contributed by atoms with Gasteiger partial charge in [0.15, 0.2) is 0 Å². The van der Waals surface area contributed by atoms with Crippen molar-refractivity contribution >= 4 is 29.4 Å². The number of halogens is 1. The quantitative estimate of drug-likeness (QED) is 0.626. The van der Waals surface area contributed by atoms with E-state index in [0.29, 0.717) is 11.6 Å². The lowest BCUT2D eigenvalue weighted by molar-refractivity contribution is -0.119. The van der Waals surface area contributed by atoms with E-state index in [1.165, 1.54) is 0 Å². The maximum atomic E-state index is 10.9. The van der Waals surface area contributed by atoms with Gasteiger partial charge in [0.1, 0.15) is 11.3 Å². The molecule has 12 heavy (non-hydrogen) atoms. The van der Waals surface area contributed by atoms with Crippen molar-refractivity contribution in [1.29, 1.82) is 0 Å². The Morgan fingerprint density at radius 2 is 2.50 bits per heavy atom. The molecule has 1 aliphatic rings. The molecule has 0 radical (unpaired) electrons. The minimum absolute atomic E-state index is 0.0563. The standard InChI is InChI=1S/C7H10ClN3O/c1-9-6(8)4-3-5(12)11-7(4)10-2/h4,7H,2-3H2,1H3,(H,11,12)/b9-6+. The third kappa shape index (κ3) is 1.64. The zero-order chi connectivity index (χ0) is 9.14. The topological polar surface area (TPSA) is 53.8 Å². The first-order valence-electron chi connectivity index (χ1n) is 3.56. The van der Waals surface area contributed by atoms with Crippen LogP contribution in [0.15, 0.2) is 9.98 Å². The molecule has 0 aromatic rings. The lowest BCUT2D eigenvalue weighted by Gasteiger charge is -2.11. The van der Waals surface area contributed by atoms with Gasteiger partial charge in [-0.25, -0.2) is 0 Å². The molecule has 66 valence electrons. The van der Waals surface area contributed by atoms with Crippen LogP contribution >= 0.6 is 11.6 Å². The predicted octanol–water partition coefficient (Wildman–Crippen LogP) is 0.416. The lowest BCUT2D eigenvalue weighted by Crippen LogP contribution is -2.28. The molecule has 5 heteroatoms. The van der Waals surface area contributed by atoms with Crippen molar-refractivity contribution in [2.24, 2.45) is 15.9 Å². The molecule has 2 atom stereocenters. The maximum Gasteiger partial charge on any atom is 0.222 e. The molecular formula is C7H10ClN3O. The normalized spacial score (nSPS) is 30.2. The summed E-state index contributed by atoms with van der Waals surface area (Å²) >= 11 is 5.78. The molecule has 0 bridgehead atoms. The fraction of sp³-hybridized carbons (Fsp3) is 0.571. The van der Waals surface area contributed by atoms with Gasteiger partial charge in [-0.15, -0.1) is 0 Å². The Bertz CT molecular complexity index is 239. The van der Waals surface area contributed by atoms with Crippen molar-refractivity contribution in [1.82, 2.24) is 5.32 Å². The van der Waals surface area contributed by atoms with E-state index < -0.39 is 0 Å². The van der Waals surface area contributed by atoms with Gasteiger partial charge in [0.05, 0.1) is 5.92 Å². The van der Waals surface area contributed by atoms with Crippen molar-refractivity contribution in [2.45, 2.75) is 12.6 Å². The number of carbonyl (C=O) groups excluding carboxylic acids is 1. The van der Waals surface area contributed by atoms with Gasteiger partial charge >= 0.3 is 0 Å². The maximum absolute atomic E-state index is 10.9. The number of aliphatic imine (C=N–C) groups is 2. The van der Waals surface area contributed by atoms with Gasteiger partial charge in [0.25, 0.3) is 0 Å². The Balaban J connectivity index is 2.76. The van der Waals surface area contributed by atoms with Crippen LogP contribution in [0, 0.1) is 5.92 Å². The van der Waals surface area contributed by atoms with Crippen LogP contribution in [0.4, 0.5) is 0 Å². The molecule has 1 aliphatic heterocycles. The summed E-state index contributed by atoms with van der Waals surface area (Å²) in [6, 6.07) is 0. The Morgan fingerprint density at radius 1 is 1.83 bits per heavy atom. The highest BCUT2D eigenvalue weighted by Crippen LogP contribution is 2.20. The Hall–Kier alpha value is -0.900. The first-order valence-corrected chi connectivity index (χ1v) is 3.94. The second-order valence-corrected chi connectivity index (χ2v) is 2.94. The number of amides is 1. The first-order chi connectivity index (χ1) is 5.69. The SMILES string of the molecule is C=NC1NC(=O)CC1/C(Cl)=N\C. The Morgan fingerprint density at radius 3 is 3.00 bits per heavy atom. The molecule has 1 fully saturated rings. The molecule has 1 N–H and O–H groups in total. The van der Waals surface area contributed by atoms with Gasteiger partial charge in [-0.05, 0) is 6.72 Å². The zero-order valence-electron chi connectivity index (χ0n) is 6.75. The van der Waals surface area contributed by atoms with Crippen LogP contribution in [-0.2, 0) is 4.79 Å². The summed E-state index contributed by atoms with van der Waals surface area (Å²) in [6.45, 7) is 3.37. The minimum Gasteiger partial charge on any atom is -0.334 e. The van der Waals surface area contributed by atoms with Gasteiger partial charge in [0, 0.05) is 13.5 Å². The third-order valence-corrected chi connectivity index (χ3v) is 2.26. The van der Waals surface area contributed by atoms with E-state index in [2.05, 4.69) is 22.0 Å². The molecule has 2 unspecified atom stereocenters. The molecule has 1 heterocycles. The molecule has 1 rings (SSSR count). The molecule has 1 saturated heterocycles. The molecule has 4 nitrogen and oxygen atoms in total. The monoisotopic (exact) mass is 187 g/mol. The molecule has 0 saturated carbocycles. The number of carbonyl (C=O) groups is 1. The first kappa shape index (κ1) is 9.19. The summed E-state index contributed by atoms with van der Waals surface area (Å²) in [5, 5.41) is 3.06. The summed E-state index contributed by atoms with van der Waals surface area (Å²) in [5.74, 6) is -0.194. The summed E-state index contributed by atoms with van der Waals surface area (Å²) in [5.41, 5.74) is 0. The largest absolute Gasteiger partial charge is 0.334 e. The highest BCUT2D eigenvalue weighted by molar-refractivity contribution is 6.66. The van der Waals surface area contributed by atoms with Crippen LogP contribution in [0.25, 0.3) is 0 Å². The van der Waals surface area contributed by atoms with E-state index in [0.717, 1.165) is 0 Å². The second-order valence-electron chi connectivity index (χ2n) is 2.55. The molecule has 0 aromatic heterocycles. The van der Waals surface area contributed by atoms with Gasteiger partial charge in [-0.3, -0.25) is 14.8 Å². The highest BCUT2D eigenvalue weighted by atomic mass is 35.5. The van der Waals surface area contributed by atoms with Crippen molar-refractivity contribution in [3.8, 4) is 0 Å². The fourth-order valence-electron chi connectivity index (χ4n) is 1.19. The van der Waals surface area contributed by atoms with E-state index in [4.69, 9.17) is 11.6 Å². The molecule has 0 spiro atoms. The summed E-state index contributed by atoms with van der Waals surface area (Å²) < 4.78 is 0. The average Bonchev–Trinajstić information content (AvgIpc) is 2.45. The van der Waals surface area contributed by atoms with E-state index in [-0.39, 0.29) is 18.0 Å². The number of nitrogens with one attached hydrogen (secondary N) is 1. The van der Waals surface area contributed by atoms with Crippen molar-refractivity contribution < 1.29 is 4.79 Å². The van der Waals surface area contributed by atoms with E-state index in [1.54, 1.807) is 7.05 Å². The number of hydrogen-bond donors (Lipinski definition) is 1. The number of nitrogens with zero attached hydrogens (tertiary/aromatic N) is 2. The van der Waals surface area contributed by atoms with Crippen LogP contribution < -0.4 is 5.32 Å². The van der Waals surface area contributed by atoms with Crippen LogP contribution in [0.5, 0.6) is 0 Å². The highest BCUT2D eigenvalue weighted by Gasteiger charge is 2.34. The van der Waals surface area contributed by atoms with Crippen LogP contribution in [-0.4, -0.2) is 31.0 Å². The van der Waals surface area contributed by atoms with E-state index in [9.17, 15) is 4.79 Å². The van der Waals surface area contributed by atoms with Crippen LogP contribution in [0.1, 0.15) is 6.42 Å². The molecular weight excluding hydrogens is 178 g/mol. The Labute approximate surface area is 75.7 Å². The summed E-state index contributed by atoms with van der Waals surface area (Å²) in [6.07, 6.45) is 0.0357. The minimum atomic E-state index is -0.311. The number of rotatable bonds is 2. The van der Waals surface area contributed by atoms with E-state index in [1.807, 2.05) is 0 Å². The molecule has 0 aliphatic carbocycles. The fourth-order valence-corrected chi connectivity index (χ4v) is 1.39. The smallest absolute Gasteiger partial charge is 0.222 e. The average molecular weight is 188 g/mol. The Kier molecular flexibility index (Phi) is 2.81. The summed E-state index contributed by atoms with van der Waals surface area (Å²) in [4.78, 5) is 18.5. The molecule has 1 amide bonds. The predicted molar refractivity (Wildman–Crippen MR) is 48.8 cm³/mol. The van der Waals surface area contributed by atoms with Gasteiger partial charge in [-0.2, -0.15) is 0 Å². The van der Waals surface area contributed by atoms with Crippen LogP contribution in [0.3, 0.4) is 0 Å². The van der Waals surface area contributed by atoms with Gasteiger partial charge < -0.3 is 5.32 Å². The zero-order valence-corrected chi connectivity index (χ0v) is 7.51. The second kappa shape index (κ2) is 3.67. The van der Waals surface area contributed by atoms with Gasteiger partial charge in [-0.1, -0.05) is 11.6 Å². The summed E-state index contributed by atoms with van der Waals surface area (Å²) in [7, 11) is 1.59. The van der Waals surface area contributed by atoms with E-state index >= 15 is 0 Å². The lowest BCUT2D eigenvalue weighted by atomic mass is 10.1. The number of hydrogen-bond acceptors (Lipinski definition) is 3. The van der Waals surface area contributed by atoms with Crippen molar-refractivity contribution in [2.75, 3.05) is 7.05 Å². The van der Waals surface area contributed by atoms with Crippen molar-refractivity contribution in [3.05, 3.63) is 0 Å². The molecule has 0 aromatic carbocycles. The third-order valence-electron chi connectivity index (χ3n) is 1.81. The van der Waals surface area contributed by atoms with Crippen molar-refractivity contribution in [3.63, 3.8) is 0 Å². The van der Waals surface area contributed by atoms with Gasteiger partial charge in [0.2, 0.25) is 5.91 Å².